The van der Waals surface area contributed by atoms with Crippen molar-refractivity contribution in [2.45, 2.75) is 31.5 Å². The monoisotopic (exact) mass is 320 g/mol. The number of aryl methyl sites for hydroxylation is 2. The van der Waals surface area contributed by atoms with Crippen LogP contribution >= 0.6 is 15.9 Å². The van der Waals surface area contributed by atoms with Crippen molar-refractivity contribution < 1.29 is 4.39 Å². The van der Waals surface area contributed by atoms with E-state index in [1.54, 1.807) is 6.92 Å². The van der Waals surface area contributed by atoms with Crippen LogP contribution in [0.4, 0.5) is 4.39 Å². The SMILES string of the molecule is CCCc1ccc(C(Br)c2ccc(F)c(C)c2)cc1. The van der Waals surface area contributed by atoms with Crippen LogP contribution in [-0.2, 0) is 6.42 Å². The second-order valence-corrected chi connectivity index (χ2v) is 5.78. The van der Waals surface area contributed by atoms with E-state index >= 15 is 0 Å². The molecular weight excluding hydrogens is 303 g/mol. The van der Waals surface area contributed by atoms with E-state index in [9.17, 15) is 4.39 Å². The van der Waals surface area contributed by atoms with Gasteiger partial charge in [-0.1, -0.05) is 65.7 Å². The first kappa shape index (κ1) is 14.3. The number of alkyl halides is 1. The summed E-state index contributed by atoms with van der Waals surface area (Å²) in [5, 5.41) is 0. The second kappa shape index (κ2) is 6.33. The zero-order valence-electron chi connectivity index (χ0n) is 11.3. The van der Waals surface area contributed by atoms with Crippen LogP contribution in [0.5, 0.6) is 0 Å². The predicted octanol–water partition coefficient (Wildman–Crippen LogP) is 5.57. The first-order chi connectivity index (χ1) is 9.11. The minimum atomic E-state index is -0.151. The van der Waals surface area contributed by atoms with Crippen molar-refractivity contribution in [1.82, 2.24) is 0 Å². The van der Waals surface area contributed by atoms with Crippen LogP contribution < -0.4 is 0 Å². The van der Waals surface area contributed by atoms with E-state index in [1.165, 1.54) is 17.2 Å². The molecule has 0 N–H and O–H groups in total. The van der Waals surface area contributed by atoms with Crippen molar-refractivity contribution in [2.24, 2.45) is 0 Å². The maximum absolute atomic E-state index is 13.3. The Hall–Kier alpha value is -1.15. The molecule has 2 aromatic carbocycles. The van der Waals surface area contributed by atoms with Crippen LogP contribution in [0.25, 0.3) is 0 Å². The van der Waals surface area contributed by atoms with Gasteiger partial charge < -0.3 is 0 Å². The molecule has 0 aliphatic carbocycles. The summed E-state index contributed by atoms with van der Waals surface area (Å²) in [7, 11) is 0. The Morgan fingerprint density at radius 1 is 1.05 bits per heavy atom. The lowest BCUT2D eigenvalue weighted by atomic mass is 10.0. The summed E-state index contributed by atoms with van der Waals surface area (Å²) < 4.78 is 13.3. The van der Waals surface area contributed by atoms with E-state index in [1.807, 2.05) is 12.1 Å². The number of benzene rings is 2. The molecule has 0 radical (unpaired) electrons. The molecule has 2 heteroatoms. The highest BCUT2D eigenvalue weighted by atomic mass is 79.9. The molecule has 1 unspecified atom stereocenters. The molecule has 0 heterocycles. The van der Waals surface area contributed by atoms with Gasteiger partial charge in [-0.05, 0) is 41.7 Å². The fourth-order valence-corrected chi connectivity index (χ4v) is 2.75. The van der Waals surface area contributed by atoms with Crippen LogP contribution in [-0.4, -0.2) is 0 Å². The zero-order valence-corrected chi connectivity index (χ0v) is 12.9. The highest BCUT2D eigenvalue weighted by Gasteiger charge is 2.11. The molecule has 0 aromatic heterocycles. The van der Waals surface area contributed by atoms with E-state index in [2.05, 4.69) is 47.1 Å². The highest BCUT2D eigenvalue weighted by Crippen LogP contribution is 2.31. The van der Waals surface area contributed by atoms with Crippen molar-refractivity contribution in [3.63, 3.8) is 0 Å². The molecule has 2 rings (SSSR count). The molecule has 0 saturated heterocycles. The average molecular weight is 321 g/mol. The summed E-state index contributed by atoms with van der Waals surface area (Å²) in [6, 6.07) is 13.9. The first-order valence-electron chi connectivity index (χ1n) is 6.60. The number of hydrogen-bond donors (Lipinski definition) is 0. The quantitative estimate of drug-likeness (QED) is 0.646. The molecular formula is C17H18BrF. The molecule has 1 atom stereocenters. The molecule has 0 amide bonds. The predicted molar refractivity (Wildman–Crippen MR) is 82.3 cm³/mol. The van der Waals surface area contributed by atoms with Crippen LogP contribution in [0.2, 0.25) is 0 Å². The molecule has 100 valence electrons. The van der Waals surface area contributed by atoms with Gasteiger partial charge in [-0.3, -0.25) is 0 Å². The third kappa shape index (κ3) is 3.44. The zero-order chi connectivity index (χ0) is 13.8. The summed E-state index contributed by atoms with van der Waals surface area (Å²) in [6.45, 7) is 3.98. The molecule has 0 bridgehead atoms. The number of rotatable bonds is 4. The first-order valence-corrected chi connectivity index (χ1v) is 7.52. The Bertz CT molecular complexity index is 546. The van der Waals surface area contributed by atoms with Crippen LogP contribution in [0.3, 0.4) is 0 Å². The van der Waals surface area contributed by atoms with Crippen molar-refractivity contribution in [3.8, 4) is 0 Å². The summed E-state index contributed by atoms with van der Waals surface area (Å²) >= 11 is 3.69. The summed E-state index contributed by atoms with van der Waals surface area (Å²) in [6.07, 6.45) is 2.27. The smallest absolute Gasteiger partial charge is 0.126 e. The van der Waals surface area contributed by atoms with Crippen molar-refractivity contribution in [2.75, 3.05) is 0 Å². The van der Waals surface area contributed by atoms with Gasteiger partial charge in [0.1, 0.15) is 5.82 Å². The van der Waals surface area contributed by atoms with Crippen LogP contribution in [0.15, 0.2) is 42.5 Å². The second-order valence-electron chi connectivity index (χ2n) is 4.86. The molecule has 0 spiro atoms. The Kier molecular flexibility index (Phi) is 4.76. The Morgan fingerprint density at radius 3 is 2.26 bits per heavy atom. The van der Waals surface area contributed by atoms with E-state index in [0.29, 0.717) is 5.56 Å². The summed E-state index contributed by atoms with van der Waals surface area (Å²) in [4.78, 5) is 0.113. The number of hydrogen-bond acceptors (Lipinski definition) is 0. The summed E-state index contributed by atoms with van der Waals surface area (Å²) in [5.41, 5.74) is 4.33. The molecule has 0 aliphatic heterocycles. The Morgan fingerprint density at radius 2 is 1.68 bits per heavy atom. The normalized spacial score (nSPS) is 12.4. The maximum Gasteiger partial charge on any atom is 0.126 e. The van der Waals surface area contributed by atoms with Gasteiger partial charge in [0.25, 0.3) is 0 Å². The van der Waals surface area contributed by atoms with Gasteiger partial charge in [0, 0.05) is 0 Å². The fourth-order valence-electron chi connectivity index (χ4n) is 2.16. The van der Waals surface area contributed by atoms with Gasteiger partial charge in [-0.15, -0.1) is 0 Å². The summed E-state index contributed by atoms with van der Waals surface area (Å²) in [5.74, 6) is -0.151. The van der Waals surface area contributed by atoms with Gasteiger partial charge in [-0.25, -0.2) is 4.39 Å². The standard InChI is InChI=1S/C17H18BrF/c1-3-4-13-5-7-14(8-6-13)17(18)15-9-10-16(19)12(2)11-15/h5-11,17H,3-4H2,1-2H3. The van der Waals surface area contributed by atoms with E-state index in [4.69, 9.17) is 0 Å². The fraction of sp³-hybridized carbons (Fsp3) is 0.294. The van der Waals surface area contributed by atoms with Crippen LogP contribution in [0, 0.1) is 12.7 Å². The third-order valence-corrected chi connectivity index (χ3v) is 4.34. The third-order valence-electron chi connectivity index (χ3n) is 3.29. The van der Waals surface area contributed by atoms with Gasteiger partial charge in [-0.2, -0.15) is 0 Å². The molecule has 0 aliphatic rings. The molecule has 0 saturated carbocycles. The van der Waals surface area contributed by atoms with Crippen LogP contribution in [0.1, 0.15) is 40.4 Å². The van der Waals surface area contributed by atoms with Gasteiger partial charge >= 0.3 is 0 Å². The minimum absolute atomic E-state index is 0.113. The topological polar surface area (TPSA) is 0 Å². The van der Waals surface area contributed by atoms with E-state index in [0.717, 1.165) is 18.4 Å². The maximum atomic E-state index is 13.3. The van der Waals surface area contributed by atoms with Gasteiger partial charge in [0.15, 0.2) is 0 Å². The lowest BCUT2D eigenvalue weighted by Gasteiger charge is -2.12. The van der Waals surface area contributed by atoms with Crippen molar-refractivity contribution in [3.05, 3.63) is 70.5 Å². The van der Waals surface area contributed by atoms with Gasteiger partial charge in [0.2, 0.25) is 0 Å². The van der Waals surface area contributed by atoms with E-state index in [-0.39, 0.29) is 10.6 Å². The lowest BCUT2D eigenvalue weighted by molar-refractivity contribution is 0.618. The average Bonchev–Trinajstić information content (AvgIpc) is 2.42. The molecule has 0 fully saturated rings. The molecule has 0 nitrogen and oxygen atoms in total. The van der Waals surface area contributed by atoms with E-state index < -0.39 is 0 Å². The highest BCUT2D eigenvalue weighted by molar-refractivity contribution is 9.09. The largest absolute Gasteiger partial charge is 0.207 e. The molecule has 2 aromatic rings. The Labute approximate surface area is 122 Å². The minimum Gasteiger partial charge on any atom is -0.207 e. The van der Waals surface area contributed by atoms with Crippen molar-refractivity contribution in [1.29, 1.82) is 0 Å². The van der Waals surface area contributed by atoms with Crippen molar-refractivity contribution >= 4 is 15.9 Å². The lowest BCUT2D eigenvalue weighted by Crippen LogP contribution is -1.95. The van der Waals surface area contributed by atoms with Gasteiger partial charge in [0.05, 0.1) is 4.83 Å². The number of halogens is 2. The molecule has 19 heavy (non-hydrogen) atoms. The Balaban J connectivity index is 2.22.